The number of rotatable bonds is 9. The molecule has 0 bridgehead atoms. The van der Waals surface area contributed by atoms with Gasteiger partial charge in [0.2, 0.25) is 0 Å². The molecule has 1 nitrogen and oxygen atoms in total. The number of hydrogen-bond acceptors (Lipinski definition) is 1. The van der Waals surface area contributed by atoms with E-state index in [-0.39, 0.29) is 0 Å². The first-order valence-electron chi connectivity index (χ1n) is 12.3. The minimum Gasteiger partial charge on any atom is -0.493 e. The van der Waals surface area contributed by atoms with Crippen LogP contribution in [0.25, 0.3) is 11.1 Å². The number of benzene rings is 2. The van der Waals surface area contributed by atoms with Crippen LogP contribution in [-0.2, 0) is 0 Å². The zero-order chi connectivity index (χ0) is 21.5. The molecule has 0 aromatic heterocycles. The van der Waals surface area contributed by atoms with Crippen molar-refractivity contribution in [2.24, 2.45) is 11.8 Å². The summed E-state index contributed by atoms with van der Waals surface area (Å²) in [6.45, 7) is 12.1. The lowest BCUT2D eigenvalue weighted by atomic mass is 9.80. The first kappa shape index (κ1) is 22.9. The molecule has 1 fully saturated rings. The van der Waals surface area contributed by atoms with E-state index in [1.165, 1.54) is 79.2 Å². The van der Waals surface area contributed by atoms with E-state index in [1.807, 2.05) is 0 Å². The predicted octanol–water partition coefficient (Wildman–Crippen LogP) is 8.86. The van der Waals surface area contributed by atoms with Crippen molar-refractivity contribution in [3.05, 3.63) is 53.1 Å². The summed E-state index contributed by atoms with van der Waals surface area (Å²) in [7, 11) is 0. The number of ether oxygens (including phenoxy) is 1. The normalized spacial score (nSPS) is 19.3. The van der Waals surface area contributed by atoms with E-state index in [2.05, 4.69) is 71.0 Å². The molecule has 1 aliphatic rings. The third-order valence-electron chi connectivity index (χ3n) is 7.02. The third-order valence-corrected chi connectivity index (χ3v) is 7.02. The summed E-state index contributed by atoms with van der Waals surface area (Å²) in [6, 6.07) is 13.6. The second-order valence-electron chi connectivity index (χ2n) is 9.91. The van der Waals surface area contributed by atoms with E-state index in [0.29, 0.717) is 5.92 Å². The highest BCUT2D eigenvalue weighted by Crippen LogP contribution is 2.35. The lowest BCUT2D eigenvalue weighted by Crippen LogP contribution is -2.20. The van der Waals surface area contributed by atoms with Crippen LogP contribution in [0.3, 0.4) is 0 Å². The first-order chi connectivity index (χ1) is 14.5. The number of unbranched alkanes of at least 4 members (excludes halogenated alkanes) is 2. The van der Waals surface area contributed by atoms with E-state index in [1.54, 1.807) is 0 Å². The molecule has 164 valence electrons. The van der Waals surface area contributed by atoms with Crippen LogP contribution in [0.2, 0.25) is 0 Å². The molecular formula is C29H42O. The Morgan fingerprint density at radius 1 is 0.833 bits per heavy atom. The van der Waals surface area contributed by atoms with Crippen LogP contribution in [0.1, 0.15) is 94.7 Å². The Labute approximate surface area is 185 Å². The maximum absolute atomic E-state index is 6.38. The Kier molecular flexibility index (Phi) is 8.42. The van der Waals surface area contributed by atoms with Crippen molar-refractivity contribution < 1.29 is 4.74 Å². The summed E-state index contributed by atoms with van der Waals surface area (Å²) in [4.78, 5) is 0. The van der Waals surface area contributed by atoms with Gasteiger partial charge in [0.05, 0.1) is 6.61 Å². The van der Waals surface area contributed by atoms with E-state index in [9.17, 15) is 0 Å². The van der Waals surface area contributed by atoms with Crippen LogP contribution in [-0.4, -0.2) is 6.61 Å². The fraction of sp³-hybridized carbons (Fsp3) is 0.586. The lowest BCUT2D eigenvalue weighted by Gasteiger charge is -2.29. The summed E-state index contributed by atoms with van der Waals surface area (Å²) in [5.41, 5.74) is 6.49. The molecule has 0 heterocycles. The van der Waals surface area contributed by atoms with Gasteiger partial charge in [0.15, 0.2) is 0 Å². The van der Waals surface area contributed by atoms with Crippen molar-refractivity contribution in [1.29, 1.82) is 0 Å². The average molecular weight is 407 g/mol. The molecule has 0 amide bonds. The summed E-state index contributed by atoms with van der Waals surface area (Å²) >= 11 is 0. The van der Waals surface area contributed by atoms with Crippen LogP contribution < -0.4 is 4.74 Å². The highest BCUT2D eigenvalue weighted by molar-refractivity contribution is 5.67. The highest BCUT2D eigenvalue weighted by atomic mass is 16.5. The monoisotopic (exact) mass is 406 g/mol. The molecule has 2 aromatic rings. The van der Waals surface area contributed by atoms with E-state index in [0.717, 1.165) is 24.2 Å². The standard InChI is InChI=1S/C29H42O/c1-6-7-8-9-24-10-12-25(13-11-24)20-30-29-22(4)18-28(19-23(29)5)27-16-14-26(15-17-27)21(2)3/h14-19,21,24-25H,6-13,20H2,1-5H3. The molecule has 0 radical (unpaired) electrons. The Balaban J connectivity index is 1.56. The van der Waals surface area contributed by atoms with Gasteiger partial charge in [-0.05, 0) is 84.4 Å². The Morgan fingerprint density at radius 2 is 1.43 bits per heavy atom. The van der Waals surface area contributed by atoms with Gasteiger partial charge < -0.3 is 4.74 Å². The molecule has 2 aromatic carbocycles. The van der Waals surface area contributed by atoms with Gasteiger partial charge in [0, 0.05) is 0 Å². The van der Waals surface area contributed by atoms with Crippen LogP contribution in [0.15, 0.2) is 36.4 Å². The summed E-state index contributed by atoms with van der Waals surface area (Å²) < 4.78 is 6.38. The second-order valence-corrected chi connectivity index (χ2v) is 9.91. The Morgan fingerprint density at radius 3 is 2.00 bits per heavy atom. The van der Waals surface area contributed by atoms with E-state index < -0.39 is 0 Å². The van der Waals surface area contributed by atoms with Gasteiger partial charge in [0.1, 0.15) is 5.75 Å². The zero-order valence-corrected chi connectivity index (χ0v) is 20.0. The molecule has 0 spiro atoms. The third kappa shape index (κ3) is 6.13. The zero-order valence-electron chi connectivity index (χ0n) is 20.0. The number of aryl methyl sites for hydroxylation is 2. The molecule has 3 rings (SSSR count). The number of hydrogen-bond donors (Lipinski definition) is 0. The molecule has 1 saturated carbocycles. The van der Waals surface area contributed by atoms with Crippen molar-refractivity contribution in [2.45, 2.75) is 91.9 Å². The molecule has 1 aliphatic carbocycles. The Hall–Kier alpha value is -1.76. The van der Waals surface area contributed by atoms with Gasteiger partial charge in [-0.25, -0.2) is 0 Å². The molecule has 30 heavy (non-hydrogen) atoms. The summed E-state index contributed by atoms with van der Waals surface area (Å²) in [6.07, 6.45) is 11.1. The molecule has 0 aliphatic heterocycles. The van der Waals surface area contributed by atoms with Crippen molar-refractivity contribution >= 4 is 0 Å². The maximum Gasteiger partial charge on any atom is 0.125 e. The smallest absolute Gasteiger partial charge is 0.125 e. The largest absolute Gasteiger partial charge is 0.493 e. The van der Waals surface area contributed by atoms with E-state index >= 15 is 0 Å². The Bertz CT molecular complexity index is 756. The van der Waals surface area contributed by atoms with Gasteiger partial charge in [-0.2, -0.15) is 0 Å². The first-order valence-corrected chi connectivity index (χ1v) is 12.3. The molecule has 0 atom stereocenters. The van der Waals surface area contributed by atoms with Gasteiger partial charge >= 0.3 is 0 Å². The van der Waals surface area contributed by atoms with Crippen LogP contribution in [0.4, 0.5) is 0 Å². The van der Waals surface area contributed by atoms with Crippen molar-refractivity contribution in [1.82, 2.24) is 0 Å². The summed E-state index contributed by atoms with van der Waals surface area (Å²) in [5, 5.41) is 0. The minimum absolute atomic E-state index is 0.574. The summed E-state index contributed by atoms with van der Waals surface area (Å²) in [5.74, 6) is 3.37. The fourth-order valence-electron chi connectivity index (χ4n) is 4.98. The predicted molar refractivity (Wildman–Crippen MR) is 131 cm³/mol. The molecule has 0 saturated heterocycles. The second kappa shape index (κ2) is 11.0. The lowest BCUT2D eigenvalue weighted by molar-refractivity contribution is 0.176. The van der Waals surface area contributed by atoms with Gasteiger partial charge in [-0.3, -0.25) is 0 Å². The van der Waals surface area contributed by atoms with E-state index in [4.69, 9.17) is 4.74 Å². The quantitative estimate of drug-likeness (QED) is 0.378. The molecule has 1 heteroatoms. The van der Waals surface area contributed by atoms with Crippen LogP contribution in [0.5, 0.6) is 5.75 Å². The van der Waals surface area contributed by atoms with Gasteiger partial charge in [-0.15, -0.1) is 0 Å². The SMILES string of the molecule is CCCCCC1CCC(COc2c(C)cc(-c3ccc(C(C)C)cc3)cc2C)CC1. The maximum atomic E-state index is 6.38. The van der Waals surface area contributed by atoms with Crippen molar-refractivity contribution in [3.8, 4) is 16.9 Å². The molecular weight excluding hydrogens is 364 g/mol. The fourth-order valence-corrected chi connectivity index (χ4v) is 4.98. The van der Waals surface area contributed by atoms with Gasteiger partial charge in [-0.1, -0.05) is 83.6 Å². The van der Waals surface area contributed by atoms with Crippen molar-refractivity contribution in [3.63, 3.8) is 0 Å². The van der Waals surface area contributed by atoms with Crippen LogP contribution in [0, 0.1) is 25.7 Å². The highest BCUT2D eigenvalue weighted by Gasteiger charge is 2.22. The van der Waals surface area contributed by atoms with Gasteiger partial charge in [0.25, 0.3) is 0 Å². The minimum atomic E-state index is 0.574. The van der Waals surface area contributed by atoms with Crippen LogP contribution >= 0.6 is 0 Å². The average Bonchev–Trinajstić information content (AvgIpc) is 2.74. The molecule has 0 unspecified atom stereocenters. The molecule has 0 N–H and O–H groups in total. The topological polar surface area (TPSA) is 9.23 Å². The van der Waals surface area contributed by atoms with Crippen molar-refractivity contribution in [2.75, 3.05) is 6.61 Å².